The van der Waals surface area contributed by atoms with Gasteiger partial charge in [-0.1, -0.05) is 70.0 Å². The number of amidine groups is 1. The number of hydrogen-bond acceptors (Lipinski definition) is 6. The lowest BCUT2D eigenvalue weighted by Crippen LogP contribution is -2.51. The summed E-state index contributed by atoms with van der Waals surface area (Å²) in [7, 11) is 0. The van der Waals surface area contributed by atoms with E-state index in [0.29, 0.717) is 22.2 Å². The summed E-state index contributed by atoms with van der Waals surface area (Å²) < 4.78 is 0. The van der Waals surface area contributed by atoms with E-state index in [0.717, 1.165) is 49.7 Å². The molecule has 220 valence electrons. The summed E-state index contributed by atoms with van der Waals surface area (Å²) in [5, 5.41) is 6.95. The molecule has 2 amide bonds. The van der Waals surface area contributed by atoms with Crippen molar-refractivity contribution in [1.29, 1.82) is 0 Å². The predicted molar refractivity (Wildman–Crippen MR) is 164 cm³/mol. The normalized spacial score (nSPS) is 22.0. The number of rotatable bonds is 9. The minimum Gasteiger partial charge on any atom is -0.384 e. The van der Waals surface area contributed by atoms with E-state index < -0.39 is 5.66 Å². The topological polar surface area (TPSA) is 138 Å². The van der Waals surface area contributed by atoms with Gasteiger partial charge < -0.3 is 16.0 Å². The fourth-order valence-corrected chi connectivity index (χ4v) is 6.33. The van der Waals surface area contributed by atoms with E-state index in [1.807, 2.05) is 35.2 Å². The molecule has 0 saturated heterocycles. The van der Waals surface area contributed by atoms with E-state index in [1.54, 1.807) is 18.2 Å². The maximum atomic E-state index is 14.3. The molecular weight excluding hydrogens is 538 g/mol. The van der Waals surface area contributed by atoms with Gasteiger partial charge in [0, 0.05) is 16.1 Å². The Labute approximate surface area is 247 Å². The summed E-state index contributed by atoms with van der Waals surface area (Å²) in [6.45, 7) is 9.07. The van der Waals surface area contributed by atoms with Crippen molar-refractivity contribution in [3.05, 3.63) is 70.2 Å². The van der Waals surface area contributed by atoms with Gasteiger partial charge in [0.1, 0.15) is 17.2 Å². The number of aliphatic imine (C=N–C) groups is 1. The van der Waals surface area contributed by atoms with Crippen LogP contribution in [0.2, 0.25) is 5.02 Å². The van der Waals surface area contributed by atoms with Crippen molar-refractivity contribution in [2.24, 2.45) is 33.0 Å². The van der Waals surface area contributed by atoms with Gasteiger partial charge in [0.05, 0.1) is 12.6 Å². The van der Waals surface area contributed by atoms with E-state index in [9.17, 15) is 9.59 Å². The van der Waals surface area contributed by atoms with Crippen LogP contribution in [0.15, 0.2) is 58.6 Å². The molecule has 1 atom stereocenters. The zero-order valence-electron chi connectivity index (χ0n) is 24.4. The highest BCUT2D eigenvalue weighted by atomic mass is 35.5. The summed E-state index contributed by atoms with van der Waals surface area (Å²) in [4.78, 5) is 34.2. The number of carbonyl (C=O) groups excluding carboxylic acids is 2. The molecule has 6 N–H and O–H groups in total. The Morgan fingerprint density at radius 1 is 1.20 bits per heavy atom. The van der Waals surface area contributed by atoms with Crippen LogP contribution in [0.5, 0.6) is 0 Å². The molecular formula is C31H42ClN7O2. The first-order valence-corrected chi connectivity index (χ1v) is 14.7. The van der Waals surface area contributed by atoms with Crippen LogP contribution < -0.4 is 22.4 Å². The molecule has 9 nitrogen and oxygen atoms in total. The monoisotopic (exact) mass is 579 g/mol. The number of hydrazone groups is 1. The fourth-order valence-electron chi connectivity index (χ4n) is 6.14. The molecule has 1 aliphatic carbocycles. The van der Waals surface area contributed by atoms with Gasteiger partial charge >= 0.3 is 0 Å². The Hall–Kier alpha value is -3.43. The second-order valence-corrected chi connectivity index (χ2v) is 12.5. The van der Waals surface area contributed by atoms with Crippen LogP contribution in [0.25, 0.3) is 0 Å². The second kappa shape index (κ2) is 12.6. The summed E-state index contributed by atoms with van der Waals surface area (Å²) in [6.07, 6.45) is 5.29. The molecule has 1 heterocycles. The maximum Gasteiger partial charge on any atom is 0.275 e. The van der Waals surface area contributed by atoms with Gasteiger partial charge in [0.2, 0.25) is 0 Å². The number of carbonyl (C=O) groups is 2. The Morgan fingerprint density at radius 2 is 1.88 bits per heavy atom. The van der Waals surface area contributed by atoms with Crippen molar-refractivity contribution in [2.45, 2.75) is 77.9 Å². The number of nitrogens with zero attached hydrogens (tertiary/aromatic N) is 3. The van der Waals surface area contributed by atoms with Gasteiger partial charge in [-0.2, -0.15) is 5.10 Å². The highest BCUT2D eigenvalue weighted by molar-refractivity contribution is 6.47. The standard InChI is InChI=1S/C31H42ClN7O2/c1-5-7-25(20-10-12-21(13-11-20)28(40)35-19-26(33)37-38-34)39-29(41)27(22-8-6-9-24(32)18-22)36-31(39)16-14-23(15-17-31)30(2,3)4/h6,8-13,18,23,25,38H,5,7,14-17,19,34H2,1-4H3,(H2,33,37)(H,35,40). The van der Waals surface area contributed by atoms with Crippen LogP contribution in [0, 0.1) is 11.3 Å². The third-order valence-electron chi connectivity index (χ3n) is 8.37. The molecule has 0 bridgehead atoms. The maximum absolute atomic E-state index is 14.3. The second-order valence-electron chi connectivity index (χ2n) is 12.1. The van der Waals surface area contributed by atoms with E-state index in [2.05, 4.69) is 43.6 Å². The number of amides is 2. The number of hydrogen-bond donors (Lipinski definition) is 4. The van der Waals surface area contributed by atoms with Crippen LogP contribution in [0.4, 0.5) is 0 Å². The SMILES string of the molecule is CCCC(c1ccc(C(=O)NC/C(N)=N/NN)cc1)N1C(=O)C(c2cccc(Cl)c2)=NC12CCC(C(C)(C)C)CC2. The molecule has 1 unspecified atom stereocenters. The molecule has 2 aromatic rings. The zero-order chi connectivity index (χ0) is 29.8. The Morgan fingerprint density at radius 3 is 2.46 bits per heavy atom. The van der Waals surface area contributed by atoms with Crippen LogP contribution in [0.1, 0.15) is 93.7 Å². The van der Waals surface area contributed by atoms with E-state index >= 15 is 0 Å². The van der Waals surface area contributed by atoms with Crippen LogP contribution in [-0.2, 0) is 4.79 Å². The summed E-state index contributed by atoms with van der Waals surface area (Å²) in [5.41, 5.74) is 10.1. The van der Waals surface area contributed by atoms with Crippen molar-refractivity contribution in [3.8, 4) is 0 Å². The minimum absolute atomic E-state index is 0.0627. The van der Waals surface area contributed by atoms with Crippen molar-refractivity contribution in [2.75, 3.05) is 6.54 Å². The third kappa shape index (κ3) is 6.73. The first kappa shape index (κ1) is 30.5. The highest BCUT2D eigenvalue weighted by Gasteiger charge is 2.52. The molecule has 1 spiro atoms. The lowest BCUT2D eigenvalue weighted by Gasteiger charge is -2.47. The molecule has 2 aliphatic rings. The number of halogens is 1. The van der Waals surface area contributed by atoms with Crippen LogP contribution >= 0.6 is 11.6 Å². The zero-order valence-corrected chi connectivity index (χ0v) is 25.2. The van der Waals surface area contributed by atoms with Crippen LogP contribution in [-0.4, -0.2) is 40.5 Å². The lowest BCUT2D eigenvalue weighted by atomic mass is 9.69. The molecule has 10 heteroatoms. The largest absolute Gasteiger partial charge is 0.384 e. The van der Waals surface area contributed by atoms with Gasteiger partial charge in [-0.15, -0.1) is 0 Å². The average Bonchev–Trinajstić information content (AvgIpc) is 3.21. The van der Waals surface area contributed by atoms with Gasteiger partial charge in [-0.25, -0.2) is 11.4 Å². The Kier molecular flexibility index (Phi) is 9.39. The van der Waals surface area contributed by atoms with Gasteiger partial charge in [0.25, 0.3) is 11.8 Å². The molecule has 41 heavy (non-hydrogen) atoms. The third-order valence-corrected chi connectivity index (χ3v) is 8.60. The number of nitrogens with one attached hydrogen (secondary N) is 2. The van der Waals surface area contributed by atoms with Gasteiger partial charge in [0.15, 0.2) is 0 Å². The van der Waals surface area contributed by atoms with Crippen molar-refractivity contribution in [1.82, 2.24) is 15.8 Å². The fraction of sp³-hybridized carbons (Fsp3) is 0.484. The molecule has 1 fully saturated rings. The summed E-state index contributed by atoms with van der Waals surface area (Å²) in [5.74, 6) is 5.52. The quantitative estimate of drug-likeness (QED) is 0.145. The molecule has 1 aliphatic heterocycles. The van der Waals surface area contributed by atoms with Gasteiger partial charge in [-0.05, 0) is 73.3 Å². The number of benzene rings is 2. The molecule has 4 rings (SSSR count). The molecule has 2 aromatic carbocycles. The Bertz CT molecular complexity index is 1310. The lowest BCUT2D eigenvalue weighted by molar-refractivity contribution is -0.133. The smallest absolute Gasteiger partial charge is 0.275 e. The summed E-state index contributed by atoms with van der Waals surface area (Å²) >= 11 is 6.32. The van der Waals surface area contributed by atoms with Crippen molar-refractivity contribution in [3.63, 3.8) is 0 Å². The first-order chi connectivity index (χ1) is 19.5. The van der Waals surface area contributed by atoms with Crippen molar-refractivity contribution >= 4 is 35.0 Å². The molecule has 1 saturated carbocycles. The molecule has 0 aromatic heterocycles. The first-order valence-electron chi connectivity index (χ1n) is 14.3. The van der Waals surface area contributed by atoms with E-state index in [4.69, 9.17) is 28.2 Å². The van der Waals surface area contributed by atoms with Crippen LogP contribution in [0.3, 0.4) is 0 Å². The Balaban J connectivity index is 1.66. The predicted octanol–water partition coefficient (Wildman–Crippen LogP) is 4.91. The molecule has 0 radical (unpaired) electrons. The number of hydrazine groups is 1. The minimum atomic E-state index is -0.611. The van der Waals surface area contributed by atoms with Crippen molar-refractivity contribution < 1.29 is 9.59 Å². The average molecular weight is 580 g/mol. The summed E-state index contributed by atoms with van der Waals surface area (Å²) in [6, 6.07) is 14.6. The van der Waals surface area contributed by atoms with Gasteiger partial charge in [-0.3, -0.25) is 14.6 Å². The number of nitrogens with two attached hydrogens (primary N) is 2. The highest BCUT2D eigenvalue weighted by Crippen LogP contribution is 2.49. The van der Waals surface area contributed by atoms with E-state index in [-0.39, 0.29) is 35.7 Å². The van der Waals surface area contributed by atoms with E-state index in [1.165, 1.54) is 0 Å².